The molecule has 0 radical (unpaired) electrons. The van der Waals surface area contributed by atoms with E-state index < -0.39 is 0 Å². The van der Waals surface area contributed by atoms with Gasteiger partial charge in [-0.05, 0) is 50.9 Å². The second-order valence-electron chi connectivity index (χ2n) is 5.97. The van der Waals surface area contributed by atoms with Crippen molar-refractivity contribution in [1.82, 2.24) is 9.88 Å². The number of hydrogen-bond donors (Lipinski definition) is 1. The van der Waals surface area contributed by atoms with Gasteiger partial charge in [-0.15, -0.1) is 0 Å². The number of piperazine rings is 1. The van der Waals surface area contributed by atoms with E-state index in [9.17, 15) is 0 Å². The second-order valence-corrected chi connectivity index (χ2v) is 5.97. The lowest BCUT2D eigenvalue weighted by Crippen LogP contribution is -2.55. The standard InChI is InChI=1S/C15H24N4/c1-11-6-13(8-16)7-15(17-11)19-10-14-4-3-5-18(14)9-12(19)2/h6-7,12,14H,3-5,8-10,16H2,1-2H3. The zero-order valence-electron chi connectivity index (χ0n) is 12.0. The first kappa shape index (κ1) is 12.9. The Bertz CT molecular complexity index is 459. The number of fused-ring (bicyclic) bond motifs is 1. The third-order valence-corrected chi connectivity index (χ3v) is 4.47. The highest BCUT2D eigenvalue weighted by atomic mass is 15.3. The van der Waals surface area contributed by atoms with Crippen LogP contribution < -0.4 is 10.6 Å². The third kappa shape index (κ3) is 2.47. The van der Waals surface area contributed by atoms with E-state index in [1.165, 1.54) is 24.9 Å². The lowest BCUT2D eigenvalue weighted by Gasteiger charge is -2.43. The number of pyridine rings is 1. The minimum Gasteiger partial charge on any atom is -0.351 e. The van der Waals surface area contributed by atoms with Crippen molar-refractivity contribution < 1.29 is 0 Å². The van der Waals surface area contributed by atoms with Gasteiger partial charge in [0.05, 0.1) is 0 Å². The third-order valence-electron chi connectivity index (χ3n) is 4.47. The molecule has 0 bridgehead atoms. The Morgan fingerprint density at radius 3 is 3.00 bits per heavy atom. The number of rotatable bonds is 2. The van der Waals surface area contributed by atoms with Gasteiger partial charge in [0.1, 0.15) is 5.82 Å². The molecule has 0 amide bonds. The van der Waals surface area contributed by atoms with Crippen LogP contribution in [0.3, 0.4) is 0 Å². The quantitative estimate of drug-likeness (QED) is 0.876. The summed E-state index contributed by atoms with van der Waals surface area (Å²) < 4.78 is 0. The van der Waals surface area contributed by atoms with Gasteiger partial charge >= 0.3 is 0 Å². The smallest absolute Gasteiger partial charge is 0.129 e. The van der Waals surface area contributed by atoms with Crippen LogP contribution in [0.25, 0.3) is 0 Å². The normalized spacial score (nSPS) is 27.6. The molecule has 0 saturated carbocycles. The number of aromatic nitrogens is 1. The molecule has 104 valence electrons. The Morgan fingerprint density at radius 1 is 1.37 bits per heavy atom. The number of aryl methyl sites for hydroxylation is 1. The molecular formula is C15H24N4. The van der Waals surface area contributed by atoms with E-state index in [0.29, 0.717) is 12.6 Å². The maximum atomic E-state index is 5.78. The molecule has 0 spiro atoms. The van der Waals surface area contributed by atoms with E-state index in [1.807, 2.05) is 0 Å². The van der Waals surface area contributed by atoms with Gasteiger partial charge in [-0.2, -0.15) is 0 Å². The summed E-state index contributed by atoms with van der Waals surface area (Å²) in [6.45, 7) is 8.51. The fourth-order valence-corrected chi connectivity index (χ4v) is 3.49. The van der Waals surface area contributed by atoms with Crippen LogP contribution in [0, 0.1) is 6.92 Å². The molecule has 1 aromatic heterocycles. The molecule has 0 aliphatic carbocycles. The molecular weight excluding hydrogens is 236 g/mol. The van der Waals surface area contributed by atoms with E-state index in [1.54, 1.807) is 0 Å². The van der Waals surface area contributed by atoms with E-state index in [-0.39, 0.29) is 0 Å². The highest BCUT2D eigenvalue weighted by Gasteiger charge is 2.34. The summed E-state index contributed by atoms with van der Waals surface area (Å²) in [5.41, 5.74) is 8.04. The topological polar surface area (TPSA) is 45.4 Å². The van der Waals surface area contributed by atoms with E-state index in [4.69, 9.17) is 10.7 Å². The monoisotopic (exact) mass is 260 g/mol. The highest BCUT2D eigenvalue weighted by Crippen LogP contribution is 2.28. The van der Waals surface area contributed by atoms with Crippen LogP contribution >= 0.6 is 0 Å². The first-order valence-electron chi connectivity index (χ1n) is 7.35. The summed E-state index contributed by atoms with van der Waals surface area (Å²) in [7, 11) is 0. The van der Waals surface area contributed by atoms with Crippen molar-refractivity contribution in [2.24, 2.45) is 5.73 Å². The van der Waals surface area contributed by atoms with Gasteiger partial charge < -0.3 is 10.6 Å². The molecule has 2 unspecified atom stereocenters. The van der Waals surface area contributed by atoms with Gasteiger partial charge in [0.2, 0.25) is 0 Å². The summed E-state index contributed by atoms with van der Waals surface area (Å²) in [5, 5.41) is 0. The van der Waals surface area contributed by atoms with Gasteiger partial charge in [-0.1, -0.05) is 0 Å². The fraction of sp³-hybridized carbons (Fsp3) is 0.667. The van der Waals surface area contributed by atoms with Crippen LogP contribution in [0.15, 0.2) is 12.1 Å². The molecule has 2 saturated heterocycles. The summed E-state index contributed by atoms with van der Waals surface area (Å²) >= 11 is 0. The van der Waals surface area contributed by atoms with Crippen LogP contribution in [0.5, 0.6) is 0 Å². The molecule has 4 heteroatoms. The number of nitrogens with zero attached hydrogens (tertiary/aromatic N) is 3. The van der Waals surface area contributed by atoms with Gasteiger partial charge in [-0.25, -0.2) is 4.98 Å². The largest absolute Gasteiger partial charge is 0.351 e. The van der Waals surface area contributed by atoms with Gasteiger partial charge in [0.15, 0.2) is 0 Å². The van der Waals surface area contributed by atoms with Crippen molar-refractivity contribution in [3.63, 3.8) is 0 Å². The summed E-state index contributed by atoms with van der Waals surface area (Å²) in [5.74, 6) is 1.11. The first-order chi connectivity index (χ1) is 9.17. The Balaban J connectivity index is 1.86. The van der Waals surface area contributed by atoms with Crippen molar-refractivity contribution in [3.05, 3.63) is 23.4 Å². The van der Waals surface area contributed by atoms with Crippen molar-refractivity contribution in [2.75, 3.05) is 24.5 Å². The van der Waals surface area contributed by atoms with Gasteiger partial charge in [0.25, 0.3) is 0 Å². The Labute approximate surface area is 115 Å². The Hall–Kier alpha value is -1.13. The molecule has 1 aromatic rings. The highest BCUT2D eigenvalue weighted by molar-refractivity contribution is 5.44. The van der Waals surface area contributed by atoms with Crippen molar-refractivity contribution in [3.8, 4) is 0 Å². The zero-order chi connectivity index (χ0) is 13.4. The van der Waals surface area contributed by atoms with E-state index in [0.717, 1.165) is 30.6 Å². The maximum Gasteiger partial charge on any atom is 0.129 e. The SMILES string of the molecule is Cc1cc(CN)cc(N2CC3CCCN3CC2C)n1. The number of anilines is 1. The van der Waals surface area contributed by atoms with Crippen LogP contribution in [-0.2, 0) is 6.54 Å². The zero-order valence-corrected chi connectivity index (χ0v) is 12.0. The van der Waals surface area contributed by atoms with Gasteiger partial charge in [0, 0.05) is 37.4 Å². The van der Waals surface area contributed by atoms with Crippen molar-refractivity contribution >= 4 is 5.82 Å². The molecule has 0 aromatic carbocycles. The summed E-state index contributed by atoms with van der Waals surface area (Å²) in [6.07, 6.45) is 2.68. The van der Waals surface area contributed by atoms with Crippen LogP contribution in [0.4, 0.5) is 5.82 Å². The Morgan fingerprint density at radius 2 is 2.21 bits per heavy atom. The number of nitrogens with two attached hydrogens (primary N) is 1. The lowest BCUT2D eigenvalue weighted by molar-refractivity contribution is 0.202. The molecule has 2 atom stereocenters. The molecule has 2 N–H and O–H groups in total. The fourth-order valence-electron chi connectivity index (χ4n) is 3.49. The van der Waals surface area contributed by atoms with E-state index in [2.05, 4.69) is 35.8 Å². The van der Waals surface area contributed by atoms with Gasteiger partial charge in [-0.3, -0.25) is 4.90 Å². The Kier molecular flexibility index (Phi) is 3.46. The molecule has 4 nitrogen and oxygen atoms in total. The predicted octanol–water partition coefficient (Wildman–Crippen LogP) is 1.52. The first-order valence-corrected chi connectivity index (χ1v) is 7.35. The van der Waals surface area contributed by atoms with Crippen LogP contribution in [0.2, 0.25) is 0 Å². The lowest BCUT2D eigenvalue weighted by atomic mass is 10.1. The molecule has 3 rings (SSSR count). The number of hydrogen-bond acceptors (Lipinski definition) is 4. The van der Waals surface area contributed by atoms with Crippen LogP contribution in [-0.4, -0.2) is 41.6 Å². The second kappa shape index (κ2) is 5.10. The minimum atomic E-state index is 0.536. The molecule has 19 heavy (non-hydrogen) atoms. The molecule has 2 aliphatic rings. The maximum absolute atomic E-state index is 5.78. The average Bonchev–Trinajstić information content (AvgIpc) is 2.84. The summed E-state index contributed by atoms with van der Waals surface area (Å²) in [4.78, 5) is 9.83. The minimum absolute atomic E-state index is 0.536. The van der Waals surface area contributed by atoms with E-state index >= 15 is 0 Å². The molecule has 2 aliphatic heterocycles. The predicted molar refractivity (Wildman–Crippen MR) is 78.3 cm³/mol. The van der Waals surface area contributed by atoms with Crippen molar-refractivity contribution in [1.29, 1.82) is 0 Å². The molecule has 3 heterocycles. The van der Waals surface area contributed by atoms with Crippen LogP contribution in [0.1, 0.15) is 31.0 Å². The summed E-state index contributed by atoms with van der Waals surface area (Å²) in [6, 6.07) is 5.50. The van der Waals surface area contributed by atoms with Crippen molar-refractivity contribution in [2.45, 2.75) is 45.3 Å². The molecule has 2 fully saturated rings. The average molecular weight is 260 g/mol.